The van der Waals surface area contributed by atoms with E-state index in [2.05, 4.69) is 9.88 Å². The average molecular weight is 343 g/mol. The van der Waals surface area contributed by atoms with E-state index in [0.717, 1.165) is 25.7 Å². The van der Waals surface area contributed by atoms with Crippen LogP contribution in [0, 0.1) is 12.3 Å². The number of sulfonamides is 1. The SMILES string of the molecule is CCOC1CC(NS(=O)(=O)c2c(N)noc2C)C12CCCCC2. The van der Waals surface area contributed by atoms with E-state index in [1.54, 1.807) is 6.92 Å². The summed E-state index contributed by atoms with van der Waals surface area (Å²) in [6, 6.07) is -0.113. The molecule has 0 amide bonds. The van der Waals surface area contributed by atoms with Gasteiger partial charge in [-0.3, -0.25) is 0 Å². The van der Waals surface area contributed by atoms with E-state index < -0.39 is 10.0 Å². The van der Waals surface area contributed by atoms with Crippen LogP contribution in [0.15, 0.2) is 9.42 Å². The van der Waals surface area contributed by atoms with E-state index in [-0.39, 0.29) is 34.0 Å². The summed E-state index contributed by atoms with van der Waals surface area (Å²) in [5.41, 5.74) is 5.58. The Morgan fingerprint density at radius 2 is 2.09 bits per heavy atom. The molecule has 2 aliphatic carbocycles. The van der Waals surface area contributed by atoms with Crippen molar-refractivity contribution in [3.63, 3.8) is 0 Å². The number of anilines is 1. The van der Waals surface area contributed by atoms with E-state index in [1.807, 2.05) is 6.92 Å². The molecule has 0 radical (unpaired) electrons. The van der Waals surface area contributed by atoms with E-state index in [9.17, 15) is 8.42 Å². The third-order valence-electron chi connectivity index (χ3n) is 5.34. The molecule has 1 heterocycles. The number of nitrogen functional groups attached to an aromatic ring is 1. The van der Waals surface area contributed by atoms with Crippen molar-refractivity contribution in [1.82, 2.24) is 9.88 Å². The van der Waals surface area contributed by atoms with Gasteiger partial charge in [-0.05, 0) is 33.1 Å². The van der Waals surface area contributed by atoms with Gasteiger partial charge in [0.1, 0.15) is 0 Å². The van der Waals surface area contributed by atoms with Crippen LogP contribution in [0.3, 0.4) is 0 Å². The second-order valence-corrected chi connectivity index (χ2v) is 8.25. The molecular weight excluding hydrogens is 318 g/mol. The zero-order chi connectivity index (χ0) is 16.7. The Morgan fingerprint density at radius 1 is 1.39 bits per heavy atom. The normalized spacial score (nSPS) is 27.0. The van der Waals surface area contributed by atoms with Crippen molar-refractivity contribution in [2.24, 2.45) is 5.41 Å². The first-order valence-corrected chi connectivity index (χ1v) is 9.74. The largest absolute Gasteiger partial charge is 0.380 e. The van der Waals surface area contributed by atoms with Crippen LogP contribution in [0.1, 0.15) is 51.2 Å². The maximum absolute atomic E-state index is 12.7. The molecule has 2 saturated carbocycles. The molecule has 3 N–H and O–H groups in total. The molecule has 0 aliphatic heterocycles. The van der Waals surface area contributed by atoms with Crippen LogP contribution >= 0.6 is 0 Å². The highest BCUT2D eigenvalue weighted by atomic mass is 32.2. The van der Waals surface area contributed by atoms with Gasteiger partial charge < -0.3 is 15.0 Å². The van der Waals surface area contributed by atoms with Crippen molar-refractivity contribution in [3.8, 4) is 0 Å². The van der Waals surface area contributed by atoms with Crippen molar-refractivity contribution < 1.29 is 17.7 Å². The van der Waals surface area contributed by atoms with Crippen LogP contribution in [-0.4, -0.2) is 32.3 Å². The molecule has 2 atom stereocenters. The first kappa shape index (κ1) is 16.7. The van der Waals surface area contributed by atoms with Crippen molar-refractivity contribution in [1.29, 1.82) is 0 Å². The van der Waals surface area contributed by atoms with Gasteiger partial charge in [-0.25, -0.2) is 13.1 Å². The van der Waals surface area contributed by atoms with E-state index in [1.165, 1.54) is 6.42 Å². The number of ether oxygens (including phenoxy) is 1. The minimum Gasteiger partial charge on any atom is -0.380 e. The highest BCUT2D eigenvalue weighted by Crippen LogP contribution is 2.53. The Morgan fingerprint density at radius 3 is 2.65 bits per heavy atom. The van der Waals surface area contributed by atoms with Crippen molar-refractivity contribution >= 4 is 15.8 Å². The van der Waals surface area contributed by atoms with E-state index in [4.69, 9.17) is 15.0 Å². The van der Waals surface area contributed by atoms with Gasteiger partial charge in [-0.15, -0.1) is 0 Å². The van der Waals surface area contributed by atoms with Gasteiger partial charge >= 0.3 is 0 Å². The fourth-order valence-corrected chi connectivity index (χ4v) is 5.73. The lowest BCUT2D eigenvalue weighted by molar-refractivity contribution is -0.144. The van der Waals surface area contributed by atoms with Gasteiger partial charge in [0.2, 0.25) is 10.0 Å². The van der Waals surface area contributed by atoms with Crippen LogP contribution in [0.2, 0.25) is 0 Å². The Bertz CT molecular complexity index is 645. The topological polar surface area (TPSA) is 107 Å². The molecule has 1 aromatic rings. The minimum absolute atomic E-state index is 0.0386. The lowest BCUT2D eigenvalue weighted by Crippen LogP contribution is -2.65. The molecule has 7 nitrogen and oxygen atoms in total. The number of aromatic nitrogens is 1. The number of aryl methyl sites for hydroxylation is 1. The number of hydrogen-bond acceptors (Lipinski definition) is 6. The molecule has 2 aliphatic rings. The quantitative estimate of drug-likeness (QED) is 0.846. The highest BCUT2D eigenvalue weighted by Gasteiger charge is 2.56. The Kier molecular flexibility index (Phi) is 4.41. The predicted molar refractivity (Wildman–Crippen MR) is 85.3 cm³/mol. The molecule has 3 rings (SSSR count). The summed E-state index contributed by atoms with van der Waals surface area (Å²) in [4.78, 5) is -0.0386. The summed E-state index contributed by atoms with van der Waals surface area (Å²) >= 11 is 0. The van der Waals surface area contributed by atoms with Crippen LogP contribution in [0.25, 0.3) is 0 Å². The number of hydrogen-bond donors (Lipinski definition) is 2. The van der Waals surface area contributed by atoms with Gasteiger partial charge in [0.15, 0.2) is 16.5 Å². The van der Waals surface area contributed by atoms with Crippen LogP contribution in [0.4, 0.5) is 5.82 Å². The number of nitrogens with two attached hydrogens (primary N) is 1. The number of nitrogens with one attached hydrogen (secondary N) is 1. The van der Waals surface area contributed by atoms with Gasteiger partial charge in [-0.2, -0.15) is 0 Å². The second kappa shape index (κ2) is 6.07. The Hall–Kier alpha value is -1.12. The van der Waals surface area contributed by atoms with Gasteiger partial charge in [0.05, 0.1) is 6.10 Å². The molecule has 8 heteroatoms. The van der Waals surface area contributed by atoms with Crippen LogP contribution in [-0.2, 0) is 14.8 Å². The molecule has 2 unspecified atom stereocenters. The van der Waals surface area contributed by atoms with Crippen LogP contribution < -0.4 is 10.5 Å². The van der Waals surface area contributed by atoms with Crippen molar-refractivity contribution in [2.75, 3.05) is 12.3 Å². The Balaban J connectivity index is 1.82. The summed E-state index contributed by atoms with van der Waals surface area (Å²) in [6.45, 7) is 4.19. The maximum Gasteiger partial charge on any atom is 0.248 e. The summed E-state index contributed by atoms with van der Waals surface area (Å²) in [7, 11) is -3.74. The zero-order valence-corrected chi connectivity index (χ0v) is 14.5. The third-order valence-corrected chi connectivity index (χ3v) is 6.97. The zero-order valence-electron chi connectivity index (χ0n) is 13.7. The summed E-state index contributed by atoms with van der Waals surface area (Å²) < 4.78 is 39.0. The highest BCUT2D eigenvalue weighted by molar-refractivity contribution is 7.89. The second-order valence-electron chi connectivity index (χ2n) is 6.60. The molecule has 1 spiro atoms. The molecule has 2 fully saturated rings. The fraction of sp³-hybridized carbons (Fsp3) is 0.800. The molecule has 0 aromatic carbocycles. The Labute approximate surface area is 137 Å². The molecule has 0 bridgehead atoms. The summed E-state index contributed by atoms with van der Waals surface area (Å²) in [6.07, 6.45) is 6.30. The van der Waals surface area contributed by atoms with Gasteiger partial charge in [0, 0.05) is 18.1 Å². The average Bonchev–Trinajstić information content (AvgIpc) is 2.87. The van der Waals surface area contributed by atoms with E-state index in [0.29, 0.717) is 13.0 Å². The number of nitrogens with zero attached hydrogens (tertiary/aromatic N) is 1. The van der Waals surface area contributed by atoms with Crippen molar-refractivity contribution in [2.45, 2.75) is 69.4 Å². The third kappa shape index (κ3) is 2.77. The lowest BCUT2D eigenvalue weighted by atomic mass is 9.55. The number of rotatable bonds is 5. The minimum atomic E-state index is -3.74. The summed E-state index contributed by atoms with van der Waals surface area (Å²) in [5, 5.41) is 3.54. The van der Waals surface area contributed by atoms with Crippen molar-refractivity contribution in [3.05, 3.63) is 5.76 Å². The molecule has 1 aromatic heterocycles. The smallest absolute Gasteiger partial charge is 0.248 e. The monoisotopic (exact) mass is 343 g/mol. The lowest BCUT2D eigenvalue weighted by Gasteiger charge is -2.57. The summed E-state index contributed by atoms with van der Waals surface area (Å²) in [5.74, 6) is 0.127. The van der Waals surface area contributed by atoms with Gasteiger partial charge in [0.25, 0.3) is 0 Å². The molecular formula is C15H25N3O4S. The van der Waals surface area contributed by atoms with E-state index >= 15 is 0 Å². The van der Waals surface area contributed by atoms with Gasteiger partial charge in [-0.1, -0.05) is 24.4 Å². The molecule has 23 heavy (non-hydrogen) atoms. The maximum atomic E-state index is 12.7. The molecule has 130 valence electrons. The fourth-order valence-electron chi connectivity index (χ4n) is 4.18. The first-order valence-electron chi connectivity index (χ1n) is 8.26. The predicted octanol–water partition coefficient (Wildman–Crippen LogP) is 1.97. The van der Waals surface area contributed by atoms with Crippen LogP contribution in [0.5, 0.6) is 0 Å². The first-order chi connectivity index (χ1) is 10.9. The standard InChI is InChI=1S/C15H25N3O4S/c1-3-21-12-9-11(15(12)7-5-4-6-8-15)18-23(19,20)13-10(2)22-17-14(13)16/h11-12,18H,3-9H2,1-2H3,(H2,16,17). The molecule has 0 saturated heterocycles.